The van der Waals surface area contributed by atoms with Gasteiger partial charge in [-0.2, -0.15) is 0 Å². The normalized spacial score (nSPS) is 21.3. The molecule has 0 aromatic heterocycles. The third kappa shape index (κ3) is 1.60. The zero-order chi connectivity index (χ0) is 7.61. The molecule has 0 amide bonds. The van der Waals surface area contributed by atoms with E-state index in [4.69, 9.17) is 0 Å². The molecule has 0 aromatic rings. The van der Waals surface area contributed by atoms with Gasteiger partial charge < -0.3 is 0 Å². The van der Waals surface area contributed by atoms with Crippen LogP contribution in [0.25, 0.3) is 0 Å². The van der Waals surface area contributed by atoms with Crippen LogP contribution in [0, 0.1) is 5.41 Å². The zero-order valence-electron chi connectivity index (χ0n) is 6.89. The minimum Gasteiger partial charge on any atom is -0.0804 e. The highest BCUT2D eigenvalue weighted by molar-refractivity contribution is 5.37. The van der Waals surface area contributed by atoms with Crippen LogP contribution in [0.15, 0.2) is 36.0 Å². The summed E-state index contributed by atoms with van der Waals surface area (Å²) in [6.07, 6.45) is 10.9. The standard InChI is InChI=1S/C10H14/c1-4-9-5-7-10(2,3)8-6-9/h4-8H,1-3H3. The largest absolute Gasteiger partial charge is 0.0804 e. The minimum absolute atomic E-state index is 0.256. The van der Waals surface area contributed by atoms with Crippen molar-refractivity contribution in [2.45, 2.75) is 20.8 Å². The molecule has 0 bridgehead atoms. The van der Waals surface area contributed by atoms with Gasteiger partial charge in [0.25, 0.3) is 0 Å². The maximum absolute atomic E-state index is 2.22. The van der Waals surface area contributed by atoms with E-state index in [1.807, 2.05) is 0 Å². The summed E-state index contributed by atoms with van der Waals surface area (Å²) >= 11 is 0. The van der Waals surface area contributed by atoms with E-state index in [2.05, 4.69) is 51.2 Å². The van der Waals surface area contributed by atoms with Gasteiger partial charge in [0.05, 0.1) is 0 Å². The molecule has 0 heterocycles. The molecule has 0 nitrogen and oxygen atoms in total. The summed E-state index contributed by atoms with van der Waals surface area (Å²) < 4.78 is 0. The minimum atomic E-state index is 0.256. The van der Waals surface area contributed by atoms with Crippen molar-refractivity contribution in [3.63, 3.8) is 0 Å². The van der Waals surface area contributed by atoms with Crippen molar-refractivity contribution < 1.29 is 0 Å². The summed E-state index contributed by atoms with van der Waals surface area (Å²) in [5.74, 6) is 0. The maximum atomic E-state index is 2.22. The number of rotatable bonds is 0. The molecule has 0 unspecified atom stereocenters. The van der Waals surface area contributed by atoms with Crippen molar-refractivity contribution in [1.29, 1.82) is 0 Å². The van der Waals surface area contributed by atoms with Crippen molar-refractivity contribution in [2.75, 3.05) is 0 Å². The van der Waals surface area contributed by atoms with Crippen LogP contribution in [0.3, 0.4) is 0 Å². The number of hydrogen-bond acceptors (Lipinski definition) is 0. The van der Waals surface area contributed by atoms with Gasteiger partial charge in [-0.3, -0.25) is 0 Å². The lowest BCUT2D eigenvalue weighted by Gasteiger charge is -2.18. The second-order valence-electron chi connectivity index (χ2n) is 3.28. The number of hydrogen-bond donors (Lipinski definition) is 0. The average molecular weight is 134 g/mol. The monoisotopic (exact) mass is 134 g/mol. The summed E-state index contributed by atoms with van der Waals surface area (Å²) in [5, 5.41) is 0. The SMILES string of the molecule is CC=C1C=CC(C)(C)C=C1. The van der Waals surface area contributed by atoms with Crippen molar-refractivity contribution >= 4 is 0 Å². The Kier molecular flexibility index (Phi) is 1.80. The lowest BCUT2D eigenvalue weighted by Crippen LogP contribution is -2.04. The van der Waals surface area contributed by atoms with Crippen LogP contribution >= 0.6 is 0 Å². The molecular weight excluding hydrogens is 120 g/mol. The third-order valence-electron chi connectivity index (χ3n) is 1.74. The van der Waals surface area contributed by atoms with Crippen LogP contribution in [0.4, 0.5) is 0 Å². The Morgan fingerprint density at radius 1 is 1.20 bits per heavy atom. The molecule has 0 fully saturated rings. The Labute approximate surface area is 62.9 Å². The van der Waals surface area contributed by atoms with Gasteiger partial charge in [0, 0.05) is 5.41 Å². The van der Waals surface area contributed by atoms with Gasteiger partial charge in [-0.1, -0.05) is 44.2 Å². The molecule has 1 rings (SSSR count). The predicted molar refractivity (Wildman–Crippen MR) is 45.8 cm³/mol. The van der Waals surface area contributed by atoms with Crippen LogP contribution < -0.4 is 0 Å². The Bertz CT molecular complexity index is 184. The molecular formula is C10H14. The van der Waals surface area contributed by atoms with Gasteiger partial charge in [0.1, 0.15) is 0 Å². The van der Waals surface area contributed by atoms with Crippen LogP contribution in [0.1, 0.15) is 20.8 Å². The Morgan fingerprint density at radius 2 is 1.70 bits per heavy atom. The lowest BCUT2D eigenvalue weighted by atomic mass is 9.87. The fourth-order valence-electron chi connectivity index (χ4n) is 0.926. The molecule has 0 aliphatic heterocycles. The second-order valence-corrected chi connectivity index (χ2v) is 3.28. The fourth-order valence-corrected chi connectivity index (χ4v) is 0.926. The summed E-state index contributed by atoms with van der Waals surface area (Å²) in [5.41, 5.74) is 1.56. The fraction of sp³-hybridized carbons (Fsp3) is 0.400. The smallest absolute Gasteiger partial charge is 0.00111 e. The first-order chi connectivity index (χ1) is 4.64. The Hall–Kier alpha value is -0.780. The zero-order valence-corrected chi connectivity index (χ0v) is 6.89. The van der Waals surface area contributed by atoms with Crippen LogP contribution in [-0.4, -0.2) is 0 Å². The van der Waals surface area contributed by atoms with E-state index in [9.17, 15) is 0 Å². The molecule has 0 heteroatoms. The van der Waals surface area contributed by atoms with E-state index in [1.165, 1.54) is 5.57 Å². The van der Waals surface area contributed by atoms with Gasteiger partial charge in [-0.25, -0.2) is 0 Å². The summed E-state index contributed by atoms with van der Waals surface area (Å²) in [6.45, 7) is 6.46. The molecule has 0 saturated carbocycles. The topological polar surface area (TPSA) is 0 Å². The Balaban J connectivity index is 2.81. The highest BCUT2D eigenvalue weighted by atomic mass is 14.2. The summed E-state index contributed by atoms with van der Waals surface area (Å²) in [7, 11) is 0. The molecule has 0 saturated heterocycles. The molecule has 0 radical (unpaired) electrons. The van der Waals surface area contributed by atoms with Crippen LogP contribution in [0.5, 0.6) is 0 Å². The van der Waals surface area contributed by atoms with Crippen molar-refractivity contribution in [1.82, 2.24) is 0 Å². The van der Waals surface area contributed by atoms with E-state index >= 15 is 0 Å². The highest BCUT2D eigenvalue weighted by Crippen LogP contribution is 2.24. The van der Waals surface area contributed by atoms with Crippen molar-refractivity contribution in [3.05, 3.63) is 36.0 Å². The van der Waals surface area contributed by atoms with E-state index in [0.29, 0.717) is 0 Å². The van der Waals surface area contributed by atoms with E-state index in [0.717, 1.165) is 0 Å². The maximum Gasteiger partial charge on any atom is 0.00111 e. The van der Waals surface area contributed by atoms with E-state index in [-0.39, 0.29) is 5.41 Å². The van der Waals surface area contributed by atoms with Crippen LogP contribution in [0.2, 0.25) is 0 Å². The summed E-state index contributed by atoms with van der Waals surface area (Å²) in [4.78, 5) is 0. The molecule has 0 atom stereocenters. The van der Waals surface area contributed by atoms with E-state index < -0.39 is 0 Å². The molecule has 54 valence electrons. The van der Waals surface area contributed by atoms with Gasteiger partial charge >= 0.3 is 0 Å². The van der Waals surface area contributed by atoms with Crippen LogP contribution in [-0.2, 0) is 0 Å². The average Bonchev–Trinajstić information content (AvgIpc) is 1.88. The quantitative estimate of drug-likeness (QED) is 0.477. The predicted octanol–water partition coefficient (Wildman–Crippen LogP) is 3.08. The molecule has 10 heavy (non-hydrogen) atoms. The first-order valence-electron chi connectivity index (χ1n) is 3.69. The van der Waals surface area contributed by atoms with Crippen molar-refractivity contribution in [2.24, 2.45) is 5.41 Å². The van der Waals surface area contributed by atoms with E-state index in [1.54, 1.807) is 0 Å². The summed E-state index contributed by atoms with van der Waals surface area (Å²) in [6, 6.07) is 0. The van der Waals surface area contributed by atoms with Gasteiger partial charge in [0.15, 0.2) is 0 Å². The molecule has 1 aliphatic carbocycles. The number of allylic oxidation sites excluding steroid dienone is 6. The first kappa shape index (κ1) is 7.33. The molecule has 0 N–H and O–H groups in total. The Morgan fingerprint density at radius 3 is 2.10 bits per heavy atom. The lowest BCUT2D eigenvalue weighted by molar-refractivity contribution is 0.621. The molecule has 0 aromatic carbocycles. The van der Waals surface area contributed by atoms with Gasteiger partial charge in [0.2, 0.25) is 0 Å². The third-order valence-corrected chi connectivity index (χ3v) is 1.74. The second kappa shape index (κ2) is 2.45. The van der Waals surface area contributed by atoms with Crippen molar-refractivity contribution in [3.8, 4) is 0 Å². The first-order valence-corrected chi connectivity index (χ1v) is 3.69. The highest BCUT2D eigenvalue weighted by Gasteiger charge is 2.11. The van der Waals surface area contributed by atoms with Gasteiger partial charge in [-0.05, 0) is 12.5 Å². The molecule has 0 spiro atoms. The molecule has 1 aliphatic rings. The van der Waals surface area contributed by atoms with Gasteiger partial charge in [-0.15, -0.1) is 0 Å².